The number of nitrogens with zero attached hydrogens (tertiary/aromatic N) is 3. The summed E-state index contributed by atoms with van der Waals surface area (Å²) in [6, 6.07) is 0. The number of aliphatic carboxylic acids is 1. The second-order valence-corrected chi connectivity index (χ2v) is 5.91. The van der Waals surface area contributed by atoms with Crippen molar-refractivity contribution in [3.05, 3.63) is 16.4 Å². The Hall–Kier alpha value is -1.48. The van der Waals surface area contributed by atoms with Crippen LogP contribution in [-0.4, -0.2) is 50.9 Å². The largest absolute Gasteiger partial charge is 0.481 e. The van der Waals surface area contributed by atoms with E-state index in [1.807, 2.05) is 0 Å². The predicted molar refractivity (Wildman–Crippen MR) is 81.2 cm³/mol. The van der Waals surface area contributed by atoms with Crippen LogP contribution >= 0.6 is 24.0 Å². The monoisotopic (exact) mass is 389 g/mol. The van der Waals surface area contributed by atoms with Crippen LogP contribution in [0.1, 0.15) is 11.4 Å². The molecule has 1 aliphatic heterocycles. The molecule has 1 aliphatic rings. The van der Waals surface area contributed by atoms with Crippen molar-refractivity contribution < 1.29 is 27.9 Å². The summed E-state index contributed by atoms with van der Waals surface area (Å²) < 4.78 is 40.1. The number of aromatic nitrogens is 2. The van der Waals surface area contributed by atoms with Crippen LogP contribution in [-0.2, 0) is 16.1 Å². The minimum atomic E-state index is -4.67. The Labute approximate surface area is 147 Å². The molecule has 0 bridgehead atoms. The van der Waals surface area contributed by atoms with Crippen LogP contribution in [0, 0.1) is 25.7 Å². The molecule has 0 saturated carbocycles. The molecule has 0 unspecified atom stereocenters. The minimum Gasteiger partial charge on any atom is -0.481 e. The normalized spacial score (nSPS) is 20.8. The van der Waals surface area contributed by atoms with Crippen molar-refractivity contribution >= 4 is 35.9 Å². The minimum absolute atomic E-state index is 0. The fourth-order valence-electron chi connectivity index (χ4n) is 2.65. The Bertz CT molecular complexity index is 648. The van der Waals surface area contributed by atoms with E-state index in [0.29, 0.717) is 16.4 Å². The van der Waals surface area contributed by atoms with Gasteiger partial charge in [-0.05, 0) is 13.8 Å². The molecule has 136 valence electrons. The molecule has 2 heterocycles. The van der Waals surface area contributed by atoms with Crippen molar-refractivity contribution in [1.29, 1.82) is 0 Å². The summed E-state index contributed by atoms with van der Waals surface area (Å²) in [4.78, 5) is 24.1. The van der Waals surface area contributed by atoms with Crippen LogP contribution in [0.2, 0.25) is 5.02 Å². The van der Waals surface area contributed by atoms with Gasteiger partial charge in [-0.3, -0.25) is 14.3 Å². The molecular formula is C13H16Cl2F3N3O3. The van der Waals surface area contributed by atoms with E-state index >= 15 is 0 Å². The molecule has 0 aromatic carbocycles. The molecule has 6 nitrogen and oxygen atoms in total. The standard InChI is InChI=1S/C13H15ClF3N3O3.ClH/c1-6-11(14)7(2)20(18-6)5-10(21)19-3-8(12(22)23)9(4-19)13(15,16)17;/h8-9H,3-5H2,1-2H3,(H,22,23);1H/t8-,9-;/m1./s1. The summed E-state index contributed by atoms with van der Waals surface area (Å²) >= 11 is 5.95. The highest BCUT2D eigenvalue weighted by atomic mass is 35.5. The highest BCUT2D eigenvalue weighted by Crippen LogP contribution is 2.37. The Morgan fingerprint density at radius 3 is 2.29 bits per heavy atom. The van der Waals surface area contributed by atoms with Gasteiger partial charge in [-0.15, -0.1) is 12.4 Å². The Morgan fingerprint density at radius 2 is 1.92 bits per heavy atom. The van der Waals surface area contributed by atoms with Crippen LogP contribution in [0.5, 0.6) is 0 Å². The Balaban J connectivity index is 0.00000288. The van der Waals surface area contributed by atoms with Gasteiger partial charge in [-0.2, -0.15) is 18.3 Å². The lowest BCUT2D eigenvalue weighted by Gasteiger charge is -2.18. The first-order valence-corrected chi connectivity index (χ1v) is 7.17. The number of aryl methyl sites for hydroxylation is 1. The van der Waals surface area contributed by atoms with E-state index in [1.165, 1.54) is 4.68 Å². The molecule has 0 aliphatic carbocycles. The van der Waals surface area contributed by atoms with Crippen LogP contribution in [0.25, 0.3) is 0 Å². The predicted octanol–water partition coefficient (Wildman–Crippen LogP) is 2.30. The van der Waals surface area contributed by atoms with Gasteiger partial charge < -0.3 is 10.0 Å². The summed E-state index contributed by atoms with van der Waals surface area (Å²) in [7, 11) is 0. The van der Waals surface area contributed by atoms with Gasteiger partial charge in [0.25, 0.3) is 0 Å². The van der Waals surface area contributed by atoms with Gasteiger partial charge in [-0.1, -0.05) is 11.6 Å². The molecule has 2 atom stereocenters. The number of amides is 1. The molecule has 1 fully saturated rings. The molecular weight excluding hydrogens is 374 g/mol. The van der Waals surface area contributed by atoms with Crippen LogP contribution in [0.4, 0.5) is 13.2 Å². The third-order valence-electron chi connectivity index (χ3n) is 3.99. The third-order valence-corrected chi connectivity index (χ3v) is 4.54. The summed E-state index contributed by atoms with van der Waals surface area (Å²) in [5, 5.41) is 13.4. The zero-order chi connectivity index (χ0) is 17.5. The lowest BCUT2D eigenvalue weighted by Crippen LogP contribution is -2.35. The zero-order valence-corrected chi connectivity index (χ0v) is 14.4. The summed E-state index contributed by atoms with van der Waals surface area (Å²) in [6.07, 6.45) is -4.67. The summed E-state index contributed by atoms with van der Waals surface area (Å²) in [5.74, 6) is -5.89. The topological polar surface area (TPSA) is 75.4 Å². The second-order valence-electron chi connectivity index (χ2n) is 5.53. The van der Waals surface area contributed by atoms with Crippen molar-refractivity contribution in [2.45, 2.75) is 26.6 Å². The fourth-order valence-corrected chi connectivity index (χ4v) is 2.78. The third kappa shape index (κ3) is 3.94. The van der Waals surface area contributed by atoms with Crippen molar-refractivity contribution in [1.82, 2.24) is 14.7 Å². The SMILES string of the molecule is Cc1nn(CC(=O)N2C[C@@H](C(F)(F)F)[C@H](C(=O)O)C2)c(C)c1Cl.Cl. The zero-order valence-electron chi connectivity index (χ0n) is 12.8. The number of carboxylic acids is 1. The van der Waals surface area contributed by atoms with Crippen molar-refractivity contribution in [2.75, 3.05) is 13.1 Å². The van der Waals surface area contributed by atoms with Crippen molar-refractivity contribution in [2.24, 2.45) is 11.8 Å². The van der Waals surface area contributed by atoms with Gasteiger partial charge in [0.1, 0.15) is 6.54 Å². The first kappa shape index (κ1) is 20.6. The smallest absolute Gasteiger partial charge is 0.394 e. The van der Waals surface area contributed by atoms with E-state index < -0.39 is 43.0 Å². The molecule has 11 heteroatoms. The number of alkyl halides is 3. The number of carbonyl (C=O) groups is 2. The van der Waals surface area contributed by atoms with Crippen LogP contribution in [0.3, 0.4) is 0 Å². The Kier molecular flexibility index (Phi) is 6.15. The van der Waals surface area contributed by atoms with E-state index in [1.54, 1.807) is 13.8 Å². The van der Waals surface area contributed by atoms with Gasteiger partial charge in [0.15, 0.2) is 0 Å². The first-order chi connectivity index (χ1) is 10.5. The van der Waals surface area contributed by atoms with Gasteiger partial charge >= 0.3 is 12.1 Å². The van der Waals surface area contributed by atoms with Gasteiger partial charge in [0.2, 0.25) is 5.91 Å². The maximum absolute atomic E-state index is 12.9. The number of hydrogen-bond donors (Lipinski definition) is 1. The summed E-state index contributed by atoms with van der Waals surface area (Å²) in [6.45, 7) is 1.87. The van der Waals surface area contributed by atoms with Crippen molar-refractivity contribution in [3.8, 4) is 0 Å². The number of carbonyl (C=O) groups excluding carboxylic acids is 1. The number of likely N-dealkylation sites (tertiary alicyclic amines) is 1. The molecule has 2 rings (SSSR count). The quantitative estimate of drug-likeness (QED) is 0.860. The summed E-state index contributed by atoms with van der Waals surface area (Å²) in [5.41, 5.74) is 1.04. The van der Waals surface area contributed by atoms with Gasteiger partial charge in [0, 0.05) is 13.1 Å². The average molecular weight is 390 g/mol. The Morgan fingerprint density at radius 1 is 1.33 bits per heavy atom. The number of carboxylic acid groups (broad SMARTS) is 1. The maximum Gasteiger partial charge on any atom is 0.394 e. The molecule has 1 aromatic heterocycles. The first-order valence-electron chi connectivity index (χ1n) is 6.79. The van der Waals surface area contributed by atoms with E-state index in [0.717, 1.165) is 4.90 Å². The van der Waals surface area contributed by atoms with Crippen molar-refractivity contribution in [3.63, 3.8) is 0 Å². The van der Waals surface area contributed by atoms with Crippen LogP contribution < -0.4 is 0 Å². The van der Waals surface area contributed by atoms with E-state index in [2.05, 4.69) is 5.10 Å². The lowest BCUT2D eigenvalue weighted by atomic mass is 9.96. The molecule has 0 spiro atoms. The highest BCUT2D eigenvalue weighted by Gasteiger charge is 2.53. The van der Waals surface area contributed by atoms with Crippen LogP contribution in [0.15, 0.2) is 0 Å². The molecule has 24 heavy (non-hydrogen) atoms. The number of halogens is 5. The molecule has 1 amide bonds. The van der Waals surface area contributed by atoms with E-state index in [4.69, 9.17) is 16.7 Å². The molecule has 1 aromatic rings. The molecule has 1 N–H and O–H groups in total. The van der Waals surface area contributed by atoms with Gasteiger partial charge in [0.05, 0.1) is 28.2 Å². The second kappa shape index (κ2) is 7.18. The number of hydrogen-bond acceptors (Lipinski definition) is 3. The van der Waals surface area contributed by atoms with E-state index in [-0.39, 0.29) is 19.0 Å². The number of rotatable bonds is 3. The lowest BCUT2D eigenvalue weighted by molar-refractivity contribution is -0.188. The maximum atomic E-state index is 12.9. The molecule has 0 radical (unpaired) electrons. The average Bonchev–Trinajstić information content (AvgIpc) is 2.98. The highest BCUT2D eigenvalue weighted by molar-refractivity contribution is 6.31. The fraction of sp³-hybridized carbons (Fsp3) is 0.615. The van der Waals surface area contributed by atoms with E-state index in [9.17, 15) is 22.8 Å². The van der Waals surface area contributed by atoms with Gasteiger partial charge in [-0.25, -0.2) is 0 Å². The molecule has 1 saturated heterocycles.